The van der Waals surface area contributed by atoms with Gasteiger partial charge in [-0.1, -0.05) is 5.11 Å². The fourth-order valence-corrected chi connectivity index (χ4v) is 3.05. The number of carboxylic acid groups (broad SMARTS) is 1. The molecule has 0 saturated carbocycles. The predicted octanol–water partition coefficient (Wildman–Crippen LogP) is 2.72. The monoisotopic (exact) mass is 383 g/mol. The van der Waals surface area contributed by atoms with Crippen molar-refractivity contribution < 1.29 is 19.6 Å². The molecule has 1 heterocycles. The Morgan fingerprint density at radius 1 is 1.61 bits per heavy atom. The van der Waals surface area contributed by atoms with Gasteiger partial charge < -0.3 is 10.0 Å². The Balaban J connectivity index is 2.46. The Bertz CT molecular complexity index is 746. The number of hydrogen-bond acceptors (Lipinski definition) is 5. The second-order valence-corrected chi connectivity index (χ2v) is 5.73. The molecule has 120 valence electrons. The lowest BCUT2D eigenvalue weighted by molar-refractivity contribution is -0.384. The highest BCUT2D eigenvalue weighted by molar-refractivity contribution is 9.10. The van der Waals surface area contributed by atoms with Gasteiger partial charge >= 0.3 is 5.97 Å². The molecular formula is C12H10BrN5O5. The molecule has 1 aromatic carbocycles. The van der Waals surface area contributed by atoms with Crippen molar-refractivity contribution in [2.24, 2.45) is 11.0 Å². The van der Waals surface area contributed by atoms with Crippen LogP contribution in [0, 0.1) is 16.0 Å². The molecule has 0 aromatic heterocycles. The summed E-state index contributed by atoms with van der Waals surface area (Å²) < 4.78 is 0.141. The van der Waals surface area contributed by atoms with Gasteiger partial charge in [-0.2, -0.15) is 0 Å². The zero-order chi connectivity index (χ0) is 17.1. The van der Waals surface area contributed by atoms with Crippen molar-refractivity contribution in [3.63, 3.8) is 0 Å². The maximum absolute atomic E-state index is 12.1. The second-order valence-electron chi connectivity index (χ2n) is 4.88. The molecule has 1 N–H and O–H groups in total. The first-order valence-electron chi connectivity index (χ1n) is 6.37. The highest BCUT2D eigenvalue weighted by atomic mass is 79.9. The number of carbonyl (C=O) groups excluding carboxylic acids is 1. The lowest BCUT2D eigenvalue weighted by Crippen LogP contribution is -2.26. The summed E-state index contributed by atoms with van der Waals surface area (Å²) >= 11 is 3.10. The fraction of sp³-hybridized carbons (Fsp3) is 0.333. The maximum atomic E-state index is 12.1. The fourth-order valence-electron chi connectivity index (χ4n) is 2.39. The number of rotatable bonds is 5. The molecule has 1 aliphatic rings. The van der Waals surface area contributed by atoms with Crippen molar-refractivity contribution in [2.45, 2.75) is 6.42 Å². The Morgan fingerprint density at radius 3 is 2.87 bits per heavy atom. The van der Waals surface area contributed by atoms with Gasteiger partial charge in [-0.15, -0.1) is 0 Å². The zero-order valence-corrected chi connectivity index (χ0v) is 13.1. The third-order valence-corrected chi connectivity index (χ3v) is 3.97. The van der Waals surface area contributed by atoms with Crippen LogP contribution < -0.4 is 4.90 Å². The minimum atomic E-state index is -1.31. The Morgan fingerprint density at radius 2 is 2.30 bits per heavy atom. The van der Waals surface area contributed by atoms with Crippen LogP contribution >= 0.6 is 15.9 Å². The van der Waals surface area contributed by atoms with E-state index in [0.717, 1.165) is 6.07 Å². The summed E-state index contributed by atoms with van der Waals surface area (Å²) in [4.78, 5) is 37.5. The van der Waals surface area contributed by atoms with E-state index in [-0.39, 0.29) is 47.1 Å². The van der Waals surface area contributed by atoms with Gasteiger partial charge in [0.2, 0.25) is 5.91 Å². The normalized spacial score (nSPS) is 17.0. The van der Waals surface area contributed by atoms with Crippen molar-refractivity contribution in [2.75, 3.05) is 18.0 Å². The summed E-state index contributed by atoms with van der Waals surface area (Å²) in [5, 5.41) is 23.7. The largest absolute Gasteiger partial charge is 0.478 e. The Kier molecular flexibility index (Phi) is 4.82. The first-order valence-corrected chi connectivity index (χ1v) is 7.17. The lowest BCUT2D eigenvalue weighted by Gasteiger charge is -2.18. The Hall–Kier alpha value is -2.65. The number of carbonyl (C=O) groups is 2. The highest BCUT2D eigenvalue weighted by Gasteiger charge is 2.36. The molecule has 1 aliphatic heterocycles. The van der Waals surface area contributed by atoms with E-state index in [4.69, 9.17) is 10.6 Å². The van der Waals surface area contributed by atoms with E-state index in [1.807, 2.05) is 0 Å². The van der Waals surface area contributed by atoms with Crippen LogP contribution in [0.4, 0.5) is 11.4 Å². The topological polar surface area (TPSA) is 150 Å². The molecule has 1 amide bonds. The van der Waals surface area contributed by atoms with Gasteiger partial charge in [-0.05, 0) is 33.4 Å². The van der Waals surface area contributed by atoms with E-state index in [2.05, 4.69) is 26.0 Å². The van der Waals surface area contributed by atoms with E-state index >= 15 is 0 Å². The standard InChI is InChI=1S/C12H10BrN5O5/c13-8-2-7(12(20)21)3-9(18(22)23)11(8)17-5-6(1-10(17)19)4-15-16-14/h2-3,6H,1,4-5H2,(H,20,21). The number of nitro groups is 1. The maximum Gasteiger partial charge on any atom is 0.335 e. The van der Waals surface area contributed by atoms with E-state index in [1.165, 1.54) is 11.0 Å². The van der Waals surface area contributed by atoms with E-state index in [9.17, 15) is 19.7 Å². The number of hydrogen-bond donors (Lipinski definition) is 1. The molecule has 0 aliphatic carbocycles. The van der Waals surface area contributed by atoms with Gasteiger partial charge in [0.1, 0.15) is 5.69 Å². The average molecular weight is 384 g/mol. The van der Waals surface area contributed by atoms with Crippen molar-refractivity contribution in [1.29, 1.82) is 0 Å². The van der Waals surface area contributed by atoms with Crippen LogP contribution in [0.15, 0.2) is 21.7 Å². The molecule has 23 heavy (non-hydrogen) atoms. The minimum Gasteiger partial charge on any atom is -0.478 e. The van der Waals surface area contributed by atoms with Crippen molar-refractivity contribution in [3.8, 4) is 0 Å². The molecule has 0 radical (unpaired) electrons. The summed E-state index contributed by atoms with van der Waals surface area (Å²) in [6.45, 7) is 0.265. The number of anilines is 1. The number of carboxylic acids is 1. The first kappa shape index (κ1) is 16.7. The molecule has 2 rings (SSSR count). The lowest BCUT2D eigenvalue weighted by atomic mass is 10.1. The number of nitro benzene ring substituents is 1. The van der Waals surface area contributed by atoms with Gasteiger partial charge in [0.15, 0.2) is 0 Å². The molecule has 1 saturated heterocycles. The quantitative estimate of drug-likeness (QED) is 0.272. The number of benzene rings is 1. The zero-order valence-electron chi connectivity index (χ0n) is 11.5. The van der Waals surface area contributed by atoms with E-state index in [1.54, 1.807) is 0 Å². The molecule has 11 heteroatoms. The third kappa shape index (κ3) is 3.41. The smallest absolute Gasteiger partial charge is 0.335 e. The minimum absolute atomic E-state index is 0.00781. The summed E-state index contributed by atoms with van der Waals surface area (Å²) in [5.41, 5.74) is 7.60. The average Bonchev–Trinajstić information content (AvgIpc) is 2.84. The van der Waals surface area contributed by atoms with Crippen molar-refractivity contribution in [3.05, 3.63) is 42.7 Å². The Labute approximate surface area is 137 Å². The predicted molar refractivity (Wildman–Crippen MR) is 82.2 cm³/mol. The molecule has 0 bridgehead atoms. The molecular weight excluding hydrogens is 374 g/mol. The van der Waals surface area contributed by atoms with E-state index < -0.39 is 16.6 Å². The highest BCUT2D eigenvalue weighted by Crippen LogP contribution is 2.40. The van der Waals surface area contributed by atoms with Gasteiger partial charge in [0.05, 0.1) is 10.5 Å². The summed E-state index contributed by atoms with van der Waals surface area (Å²) in [6.07, 6.45) is 0.100. The second kappa shape index (κ2) is 6.63. The summed E-state index contributed by atoms with van der Waals surface area (Å²) in [7, 11) is 0. The van der Waals surface area contributed by atoms with Crippen LogP contribution in [0.5, 0.6) is 0 Å². The number of azide groups is 1. The van der Waals surface area contributed by atoms with Crippen LogP contribution in [0.2, 0.25) is 0 Å². The van der Waals surface area contributed by atoms with Crippen LogP contribution in [0.1, 0.15) is 16.8 Å². The third-order valence-electron chi connectivity index (χ3n) is 3.37. The molecule has 10 nitrogen and oxygen atoms in total. The molecule has 1 atom stereocenters. The number of halogens is 1. The molecule has 1 aromatic rings. The number of nitrogens with zero attached hydrogens (tertiary/aromatic N) is 5. The molecule has 1 fully saturated rings. The van der Waals surface area contributed by atoms with Crippen LogP contribution in [0.3, 0.4) is 0 Å². The van der Waals surface area contributed by atoms with Gasteiger partial charge in [0, 0.05) is 35.0 Å². The van der Waals surface area contributed by atoms with Crippen LogP contribution in [-0.4, -0.2) is 35.0 Å². The van der Waals surface area contributed by atoms with Crippen LogP contribution in [-0.2, 0) is 4.79 Å². The summed E-state index contributed by atoms with van der Waals surface area (Å²) in [5.74, 6) is -1.91. The summed E-state index contributed by atoms with van der Waals surface area (Å²) in [6, 6.07) is 2.12. The number of aromatic carboxylic acids is 1. The number of amides is 1. The molecule has 0 spiro atoms. The van der Waals surface area contributed by atoms with Crippen LogP contribution in [0.25, 0.3) is 10.4 Å². The van der Waals surface area contributed by atoms with Crippen molar-refractivity contribution >= 4 is 39.2 Å². The van der Waals surface area contributed by atoms with Gasteiger partial charge in [-0.3, -0.25) is 14.9 Å². The van der Waals surface area contributed by atoms with Gasteiger partial charge in [0.25, 0.3) is 5.69 Å². The SMILES string of the molecule is [N-]=[N+]=NCC1CC(=O)N(c2c(Br)cc(C(=O)O)cc2[N+](=O)[O-])C1. The first-order chi connectivity index (χ1) is 10.8. The molecule has 1 unspecified atom stereocenters. The van der Waals surface area contributed by atoms with Gasteiger partial charge in [-0.25, -0.2) is 4.79 Å². The van der Waals surface area contributed by atoms with Crippen molar-refractivity contribution in [1.82, 2.24) is 0 Å². The van der Waals surface area contributed by atoms with E-state index in [0.29, 0.717) is 0 Å².